The van der Waals surface area contributed by atoms with Crippen LogP contribution < -0.4 is 5.32 Å². The third kappa shape index (κ3) is 3.85. The van der Waals surface area contributed by atoms with Gasteiger partial charge in [0, 0.05) is 31.3 Å². The molecule has 0 heterocycles. The maximum atomic E-state index is 12.0. The number of nitrogens with one attached hydrogen (secondary N) is 1. The number of nitrogens with zero attached hydrogens (tertiary/aromatic N) is 1. The van der Waals surface area contributed by atoms with Gasteiger partial charge in [0.1, 0.15) is 0 Å². The lowest BCUT2D eigenvalue weighted by molar-refractivity contribution is -0.114. The minimum atomic E-state index is -0.149. The highest BCUT2D eigenvalue weighted by Gasteiger charge is 2.13. The van der Waals surface area contributed by atoms with Crippen molar-refractivity contribution in [2.45, 2.75) is 13.8 Å². The zero-order valence-electron chi connectivity index (χ0n) is 10.6. The number of benzene rings is 1. The van der Waals surface area contributed by atoms with Crippen LogP contribution in [0, 0.1) is 0 Å². The second-order valence-corrected chi connectivity index (χ2v) is 3.87. The number of hydrogen-bond donors (Lipinski definition) is 2. The summed E-state index contributed by atoms with van der Waals surface area (Å²) in [4.78, 5) is 24.4. The van der Waals surface area contributed by atoms with Crippen molar-refractivity contribution >= 4 is 17.5 Å². The number of aliphatic hydroxyl groups is 1. The molecular weight excluding hydrogens is 232 g/mol. The SMILES string of the molecule is CCN(CCO)C(=O)c1ccc(NC(C)=O)cc1. The Morgan fingerprint density at radius 1 is 1.28 bits per heavy atom. The molecule has 0 fully saturated rings. The summed E-state index contributed by atoms with van der Waals surface area (Å²) < 4.78 is 0. The fourth-order valence-electron chi connectivity index (χ4n) is 1.61. The summed E-state index contributed by atoms with van der Waals surface area (Å²) in [5.41, 5.74) is 1.20. The van der Waals surface area contributed by atoms with Crippen LogP contribution in [0.15, 0.2) is 24.3 Å². The van der Waals surface area contributed by atoms with Crippen molar-refractivity contribution in [3.05, 3.63) is 29.8 Å². The molecule has 0 bridgehead atoms. The third-order valence-corrected chi connectivity index (χ3v) is 2.49. The summed E-state index contributed by atoms with van der Waals surface area (Å²) >= 11 is 0. The fraction of sp³-hybridized carbons (Fsp3) is 0.385. The van der Waals surface area contributed by atoms with Crippen molar-refractivity contribution < 1.29 is 14.7 Å². The minimum absolute atomic E-state index is 0.0520. The maximum Gasteiger partial charge on any atom is 0.253 e. The molecule has 1 rings (SSSR count). The Kier molecular flexibility index (Phi) is 5.32. The van der Waals surface area contributed by atoms with E-state index in [1.54, 1.807) is 29.2 Å². The van der Waals surface area contributed by atoms with E-state index in [1.165, 1.54) is 6.92 Å². The zero-order chi connectivity index (χ0) is 13.5. The second-order valence-electron chi connectivity index (χ2n) is 3.87. The lowest BCUT2D eigenvalue weighted by atomic mass is 10.1. The monoisotopic (exact) mass is 250 g/mol. The lowest BCUT2D eigenvalue weighted by Gasteiger charge is -2.19. The first kappa shape index (κ1) is 14.2. The number of amides is 2. The lowest BCUT2D eigenvalue weighted by Crippen LogP contribution is -2.33. The predicted molar refractivity (Wildman–Crippen MR) is 69.4 cm³/mol. The summed E-state index contributed by atoms with van der Waals surface area (Å²) in [5, 5.41) is 11.5. The van der Waals surface area contributed by atoms with Crippen LogP contribution in [0.2, 0.25) is 0 Å². The number of carbonyl (C=O) groups excluding carboxylic acids is 2. The van der Waals surface area contributed by atoms with Crippen LogP contribution in [0.4, 0.5) is 5.69 Å². The highest BCUT2D eigenvalue weighted by atomic mass is 16.3. The average molecular weight is 250 g/mol. The van der Waals surface area contributed by atoms with Gasteiger partial charge in [-0.25, -0.2) is 0 Å². The molecule has 0 unspecified atom stereocenters. The maximum absolute atomic E-state index is 12.0. The van der Waals surface area contributed by atoms with Gasteiger partial charge in [-0.1, -0.05) is 0 Å². The molecule has 0 saturated carbocycles. The van der Waals surface area contributed by atoms with Gasteiger partial charge in [0.25, 0.3) is 5.91 Å². The molecule has 0 aliphatic heterocycles. The van der Waals surface area contributed by atoms with Crippen molar-refractivity contribution in [1.29, 1.82) is 0 Å². The predicted octanol–water partition coefficient (Wildman–Crippen LogP) is 1.10. The Morgan fingerprint density at radius 3 is 2.33 bits per heavy atom. The van der Waals surface area contributed by atoms with Gasteiger partial charge in [-0.2, -0.15) is 0 Å². The highest BCUT2D eigenvalue weighted by Crippen LogP contribution is 2.11. The van der Waals surface area contributed by atoms with Crippen LogP contribution in [0.3, 0.4) is 0 Å². The molecule has 98 valence electrons. The first-order chi connectivity index (χ1) is 8.58. The van der Waals surface area contributed by atoms with Crippen LogP contribution in [0.5, 0.6) is 0 Å². The summed E-state index contributed by atoms with van der Waals surface area (Å²) in [6, 6.07) is 6.68. The van der Waals surface area contributed by atoms with Crippen LogP contribution in [0.25, 0.3) is 0 Å². The molecule has 0 radical (unpaired) electrons. The molecule has 0 aliphatic carbocycles. The molecule has 0 spiro atoms. The molecule has 18 heavy (non-hydrogen) atoms. The normalized spacial score (nSPS) is 9.94. The molecule has 1 aromatic rings. The van der Waals surface area contributed by atoms with E-state index in [9.17, 15) is 9.59 Å². The topological polar surface area (TPSA) is 69.6 Å². The van der Waals surface area contributed by atoms with E-state index in [1.807, 2.05) is 6.92 Å². The Hall–Kier alpha value is -1.88. The van der Waals surface area contributed by atoms with Gasteiger partial charge >= 0.3 is 0 Å². The van der Waals surface area contributed by atoms with Gasteiger partial charge in [0.15, 0.2) is 0 Å². The fourth-order valence-corrected chi connectivity index (χ4v) is 1.61. The van der Waals surface area contributed by atoms with Crippen LogP contribution >= 0.6 is 0 Å². The Morgan fingerprint density at radius 2 is 1.89 bits per heavy atom. The molecule has 5 nitrogen and oxygen atoms in total. The van der Waals surface area contributed by atoms with Gasteiger partial charge in [-0.3, -0.25) is 9.59 Å². The molecular formula is C13H18N2O3. The molecule has 0 aromatic heterocycles. The van der Waals surface area contributed by atoms with E-state index in [4.69, 9.17) is 5.11 Å². The number of hydrogen-bond acceptors (Lipinski definition) is 3. The Bertz CT molecular complexity index is 415. The van der Waals surface area contributed by atoms with Crippen molar-refractivity contribution in [2.24, 2.45) is 0 Å². The van der Waals surface area contributed by atoms with E-state index in [0.29, 0.717) is 24.3 Å². The van der Waals surface area contributed by atoms with Gasteiger partial charge in [-0.05, 0) is 31.2 Å². The summed E-state index contributed by atoms with van der Waals surface area (Å²) in [6.07, 6.45) is 0. The largest absolute Gasteiger partial charge is 0.395 e. The Labute approximate surface area is 106 Å². The van der Waals surface area contributed by atoms with Gasteiger partial charge in [0.05, 0.1) is 6.61 Å². The van der Waals surface area contributed by atoms with Crippen molar-refractivity contribution in [2.75, 3.05) is 25.0 Å². The third-order valence-electron chi connectivity index (χ3n) is 2.49. The second kappa shape index (κ2) is 6.76. The molecule has 0 atom stereocenters. The van der Waals surface area contributed by atoms with Gasteiger partial charge in [0.2, 0.25) is 5.91 Å². The number of aliphatic hydroxyl groups excluding tert-OH is 1. The first-order valence-corrected chi connectivity index (χ1v) is 5.86. The molecule has 0 saturated heterocycles. The minimum Gasteiger partial charge on any atom is -0.395 e. The molecule has 5 heteroatoms. The zero-order valence-corrected chi connectivity index (χ0v) is 10.6. The van der Waals surface area contributed by atoms with Crippen molar-refractivity contribution in [1.82, 2.24) is 4.90 Å². The standard InChI is InChI=1S/C13H18N2O3/c1-3-15(8-9-16)13(18)11-4-6-12(7-5-11)14-10(2)17/h4-7,16H,3,8-9H2,1-2H3,(H,14,17). The molecule has 2 N–H and O–H groups in total. The van der Waals surface area contributed by atoms with Crippen LogP contribution in [-0.4, -0.2) is 41.5 Å². The number of anilines is 1. The summed E-state index contributed by atoms with van der Waals surface area (Å²) in [6.45, 7) is 4.11. The number of likely N-dealkylation sites (N-methyl/N-ethyl adjacent to an activating group) is 1. The molecule has 2 amide bonds. The summed E-state index contributed by atoms with van der Waals surface area (Å²) in [7, 11) is 0. The summed E-state index contributed by atoms with van der Waals surface area (Å²) in [5.74, 6) is -0.273. The van der Waals surface area contributed by atoms with Crippen molar-refractivity contribution in [3.63, 3.8) is 0 Å². The smallest absolute Gasteiger partial charge is 0.253 e. The van der Waals surface area contributed by atoms with Gasteiger partial charge < -0.3 is 15.3 Å². The van der Waals surface area contributed by atoms with E-state index in [-0.39, 0.29) is 18.4 Å². The van der Waals surface area contributed by atoms with Gasteiger partial charge in [-0.15, -0.1) is 0 Å². The molecule has 1 aromatic carbocycles. The van der Waals surface area contributed by atoms with E-state index in [2.05, 4.69) is 5.32 Å². The highest BCUT2D eigenvalue weighted by molar-refractivity contribution is 5.95. The van der Waals surface area contributed by atoms with E-state index < -0.39 is 0 Å². The molecule has 0 aliphatic rings. The average Bonchev–Trinajstić information content (AvgIpc) is 2.35. The first-order valence-electron chi connectivity index (χ1n) is 5.86. The number of rotatable bonds is 5. The van der Waals surface area contributed by atoms with Crippen LogP contribution in [-0.2, 0) is 4.79 Å². The van der Waals surface area contributed by atoms with E-state index in [0.717, 1.165) is 0 Å². The van der Waals surface area contributed by atoms with Crippen LogP contribution in [0.1, 0.15) is 24.2 Å². The number of carbonyl (C=O) groups is 2. The Balaban J connectivity index is 2.77. The van der Waals surface area contributed by atoms with E-state index >= 15 is 0 Å². The van der Waals surface area contributed by atoms with Crippen molar-refractivity contribution in [3.8, 4) is 0 Å². The quantitative estimate of drug-likeness (QED) is 0.822.